The third kappa shape index (κ3) is 5.91. The molecular weight excluding hydrogens is 310 g/mol. The first-order valence-electron chi connectivity index (χ1n) is 4.35. The molecule has 0 aliphatic rings. The van der Waals surface area contributed by atoms with Crippen molar-refractivity contribution in [3.05, 3.63) is 59.2 Å². The molecule has 17 heavy (non-hydrogen) atoms. The summed E-state index contributed by atoms with van der Waals surface area (Å²) in [6.07, 6.45) is 2.81. The Hall–Kier alpha value is -0.777. The normalized spacial score (nSPS) is 8.59. The molecule has 7 heteroatoms. The van der Waals surface area contributed by atoms with E-state index < -0.39 is 0 Å². The number of hydrogen-bond donors (Lipinski definition) is 2. The van der Waals surface area contributed by atoms with Crippen molar-refractivity contribution in [3.8, 4) is 0 Å². The average Bonchev–Trinajstić information content (AvgIpc) is 2.28. The van der Waals surface area contributed by atoms with Crippen LogP contribution in [0.3, 0.4) is 0 Å². The molecule has 0 unspecified atom stereocenters. The molecule has 0 spiro atoms. The fourth-order valence-corrected chi connectivity index (χ4v) is 1.14. The summed E-state index contributed by atoms with van der Waals surface area (Å²) in [6.45, 7) is 0. The van der Waals surface area contributed by atoms with Gasteiger partial charge < -0.3 is 10.4 Å². The molecule has 0 aliphatic heterocycles. The summed E-state index contributed by atoms with van der Waals surface area (Å²) in [7, 11) is 0. The molecule has 86 valence electrons. The van der Waals surface area contributed by atoms with Gasteiger partial charge in [-0.05, 0) is 12.1 Å². The van der Waals surface area contributed by atoms with Gasteiger partial charge in [-0.15, -0.1) is 0 Å². The Morgan fingerprint density at radius 1 is 0.765 bits per heavy atom. The van der Waals surface area contributed by atoms with Crippen molar-refractivity contribution in [2.45, 2.75) is 10.1 Å². The van der Waals surface area contributed by atoms with Crippen LogP contribution in [0.25, 0.3) is 0 Å². The minimum absolute atomic E-state index is 0. The van der Waals surface area contributed by atoms with Crippen LogP contribution >= 0.6 is 25.3 Å². The van der Waals surface area contributed by atoms with Gasteiger partial charge in [-0.1, -0.05) is 25.3 Å². The largest absolute Gasteiger partial charge is 0.618 e. The van der Waals surface area contributed by atoms with Gasteiger partial charge in [0.05, 0.1) is 0 Å². The molecule has 0 saturated carbocycles. The molecule has 0 saturated heterocycles. The van der Waals surface area contributed by atoms with Crippen LogP contribution in [-0.4, -0.2) is 0 Å². The van der Waals surface area contributed by atoms with E-state index in [2.05, 4.69) is 25.3 Å². The van der Waals surface area contributed by atoms with E-state index in [1.165, 1.54) is 12.4 Å². The van der Waals surface area contributed by atoms with Crippen LogP contribution in [0.1, 0.15) is 0 Å². The number of pyridine rings is 2. The first-order chi connectivity index (χ1) is 7.61. The summed E-state index contributed by atoms with van der Waals surface area (Å²) in [5, 5.41) is 21.8. The molecule has 0 N–H and O–H groups in total. The Morgan fingerprint density at radius 3 is 1.29 bits per heavy atom. The second-order valence-electron chi connectivity index (χ2n) is 2.77. The smallest absolute Gasteiger partial charge is 0.248 e. The second-order valence-corrected chi connectivity index (χ2v) is 3.69. The van der Waals surface area contributed by atoms with E-state index >= 15 is 0 Å². The number of nitrogens with zero attached hydrogens (tertiary/aromatic N) is 2. The van der Waals surface area contributed by atoms with Gasteiger partial charge in [0.1, 0.15) is 0 Å². The topological polar surface area (TPSA) is 53.9 Å². The zero-order valence-corrected chi connectivity index (χ0v) is 13.7. The fraction of sp³-hybridized carbons (Fsp3) is 0. The third-order valence-electron chi connectivity index (χ3n) is 1.61. The van der Waals surface area contributed by atoms with Crippen molar-refractivity contribution in [1.82, 2.24) is 0 Å². The van der Waals surface area contributed by atoms with Gasteiger partial charge in [0, 0.05) is 43.7 Å². The molecule has 0 fully saturated rings. The molecule has 4 nitrogen and oxygen atoms in total. The summed E-state index contributed by atoms with van der Waals surface area (Å²) in [4.78, 5) is 0. The van der Waals surface area contributed by atoms with E-state index in [9.17, 15) is 10.4 Å². The van der Waals surface area contributed by atoms with Crippen molar-refractivity contribution in [1.29, 1.82) is 0 Å². The van der Waals surface area contributed by atoms with Gasteiger partial charge in [0.2, 0.25) is 10.1 Å². The van der Waals surface area contributed by atoms with Crippen molar-refractivity contribution >= 4 is 25.3 Å². The van der Waals surface area contributed by atoms with Crippen LogP contribution in [0.5, 0.6) is 0 Å². The minimum atomic E-state index is 0. The van der Waals surface area contributed by atoms with Crippen molar-refractivity contribution < 1.29 is 28.9 Å². The Bertz CT molecular complexity index is 386. The maximum absolute atomic E-state index is 10.5. The standard InChI is InChI=1S/2C5H5NOS.Zn/c2*7-6-4-2-1-3-5(6)8;/h2*1-4,8H;. The second kappa shape index (κ2) is 8.33. The summed E-state index contributed by atoms with van der Waals surface area (Å²) in [5.41, 5.74) is 0. The SMILES string of the molecule is [O-][n+]1ccccc1S.[O-][n+]1ccccc1S.[Zn]. The van der Waals surface area contributed by atoms with E-state index in [1.807, 2.05) is 0 Å². The van der Waals surface area contributed by atoms with Gasteiger partial charge in [-0.25, -0.2) is 0 Å². The van der Waals surface area contributed by atoms with E-state index in [1.54, 1.807) is 36.4 Å². The molecule has 2 aromatic heterocycles. The van der Waals surface area contributed by atoms with Gasteiger partial charge in [0.25, 0.3) is 0 Å². The molecule has 2 rings (SSSR count). The van der Waals surface area contributed by atoms with Gasteiger partial charge in [-0.3, -0.25) is 0 Å². The van der Waals surface area contributed by atoms with Crippen molar-refractivity contribution in [3.63, 3.8) is 0 Å². The van der Waals surface area contributed by atoms with Gasteiger partial charge in [0.15, 0.2) is 12.4 Å². The molecule has 2 aromatic rings. The Kier molecular flexibility index (Phi) is 7.95. The first kappa shape index (κ1) is 16.2. The van der Waals surface area contributed by atoms with Crippen LogP contribution in [0.2, 0.25) is 0 Å². The van der Waals surface area contributed by atoms with E-state index in [0.29, 0.717) is 19.5 Å². The third-order valence-corrected chi connectivity index (χ3v) is 2.30. The fourth-order valence-electron chi connectivity index (χ4n) is 0.839. The van der Waals surface area contributed by atoms with Gasteiger partial charge in [-0.2, -0.15) is 9.46 Å². The van der Waals surface area contributed by atoms with Crippen LogP contribution in [0.15, 0.2) is 58.8 Å². The number of thiol groups is 2. The Morgan fingerprint density at radius 2 is 1.12 bits per heavy atom. The zero-order valence-electron chi connectivity index (χ0n) is 8.93. The maximum atomic E-state index is 10.5. The zero-order chi connectivity index (χ0) is 12.0. The van der Waals surface area contributed by atoms with Crippen molar-refractivity contribution in [2.75, 3.05) is 0 Å². The summed E-state index contributed by atoms with van der Waals surface area (Å²) in [5.74, 6) is 0. The van der Waals surface area contributed by atoms with Crippen LogP contribution < -0.4 is 9.46 Å². The van der Waals surface area contributed by atoms with E-state index in [4.69, 9.17) is 0 Å². The Balaban J connectivity index is 0.000000284. The molecule has 0 amide bonds. The molecule has 0 bridgehead atoms. The molecule has 0 radical (unpaired) electrons. The Labute approximate surface area is 123 Å². The number of hydrogen-bond acceptors (Lipinski definition) is 4. The summed E-state index contributed by atoms with van der Waals surface area (Å²) >= 11 is 7.70. The number of rotatable bonds is 0. The molecule has 2 heterocycles. The molecule has 0 aliphatic carbocycles. The molecular formula is C10H10N2O2S2Zn. The van der Waals surface area contributed by atoms with Crippen molar-refractivity contribution in [2.24, 2.45) is 0 Å². The first-order valence-corrected chi connectivity index (χ1v) is 5.25. The summed E-state index contributed by atoms with van der Waals surface area (Å²) < 4.78 is 1.40. The summed E-state index contributed by atoms with van der Waals surface area (Å²) in [6, 6.07) is 10.1. The van der Waals surface area contributed by atoms with E-state index in [-0.39, 0.29) is 19.5 Å². The van der Waals surface area contributed by atoms with Crippen LogP contribution in [-0.2, 0) is 19.5 Å². The van der Waals surface area contributed by atoms with Crippen LogP contribution in [0, 0.1) is 10.4 Å². The van der Waals surface area contributed by atoms with E-state index in [0.717, 1.165) is 0 Å². The predicted octanol–water partition coefficient (Wildman–Crippen LogP) is 1.21. The average molecular weight is 320 g/mol. The molecule has 0 atom stereocenters. The van der Waals surface area contributed by atoms with Crippen LogP contribution in [0.4, 0.5) is 0 Å². The van der Waals surface area contributed by atoms with Gasteiger partial charge >= 0.3 is 0 Å². The monoisotopic (exact) mass is 318 g/mol. The molecule has 0 aromatic carbocycles. The minimum Gasteiger partial charge on any atom is -0.618 e. The number of aromatic nitrogens is 2. The predicted molar refractivity (Wildman–Crippen MR) is 65.3 cm³/mol. The quantitative estimate of drug-likeness (QED) is 0.332. The maximum Gasteiger partial charge on any atom is 0.248 e.